The minimum absolute atomic E-state index is 0.646. The van der Waals surface area contributed by atoms with Crippen LogP contribution in [0.2, 0.25) is 0 Å². The lowest BCUT2D eigenvalue weighted by atomic mass is 10.6. The van der Waals surface area contributed by atoms with Crippen LogP contribution < -0.4 is 0 Å². The van der Waals surface area contributed by atoms with Crippen molar-refractivity contribution in [2.45, 2.75) is 25.6 Å². The van der Waals surface area contributed by atoms with E-state index in [0.29, 0.717) is 4.83 Å². The van der Waals surface area contributed by atoms with Crippen molar-refractivity contribution in [3.63, 3.8) is 0 Å². The predicted molar refractivity (Wildman–Crippen MR) is 43.5 cm³/mol. The molecular formula is C5H12Br2. The Balaban J connectivity index is 0. The molecule has 0 saturated carbocycles. The first-order valence-corrected chi connectivity index (χ1v) is 4.38. The van der Waals surface area contributed by atoms with Gasteiger partial charge in [0.25, 0.3) is 0 Å². The number of hydrogen-bond donors (Lipinski definition) is 0. The molecular weight excluding hydrogens is 220 g/mol. The molecule has 0 aliphatic heterocycles. The summed E-state index contributed by atoms with van der Waals surface area (Å²) in [4.78, 5) is 0.646. The quantitative estimate of drug-likeness (QED) is 0.562. The molecule has 2 heteroatoms. The molecule has 0 heterocycles. The van der Waals surface area contributed by atoms with Gasteiger partial charge in [0.15, 0.2) is 0 Å². The summed E-state index contributed by atoms with van der Waals surface area (Å²) in [5.41, 5.74) is 0. The van der Waals surface area contributed by atoms with E-state index in [1.807, 2.05) is 6.92 Å². The third-order valence-electron chi connectivity index (χ3n) is 0. The van der Waals surface area contributed by atoms with Crippen molar-refractivity contribution in [3.05, 3.63) is 0 Å². The normalized spacial score (nSPS) is 7.71. The fraction of sp³-hybridized carbons (Fsp3) is 1.00. The van der Waals surface area contributed by atoms with Crippen molar-refractivity contribution in [3.8, 4) is 0 Å². The van der Waals surface area contributed by atoms with Gasteiger partial charge in [0.05, 0.1) is 0 Å². The van der Waals surface area contributed by atoms with E-state index in [9.17, 15) is 0 Å². The maximum absolute atomic E-state index is 3.27. The first-order chi connectivity index (χ1) is 3.15. The van der Waals surface area contributed by atoms with Crippen LogP contribution in [0.1, 0.15) is 20.8 Å². The molecule has 0 spiro atoms. The van der Waals surface area contributed by atoms with Crippen molar-refractivity contribution in [2.24, 2.45) is 0 Å². The fourth-order valence-electron chi connectivity index (χ4n) is 0. The summed E-state index contributed by atoms with van der Waals surface area (Å²) >= 11 is 6.42. The van der Waals surface area contributed by atoms with E-state index in [0.717, 1.165) is 5.33 Å². The topological polar surface area (TPSA) is 0 Å². The Bertz CT molecular complexity index is 17.3. The van der Waals surface area contributed by atoms with E-state index in [2.05, 4.69) is 45.7 Å². The highest BCUT2D eigenvalue weighted by atomic mass is 79.9. The Labute approximate surface area is 62.9 Å². The van der Waals surface area contributed by atoms with Gasteiger partial charge >= 0.3 is 0 Å². The largest absolute Gasteiger partial charge is 0.0931 e. The van der Waals surface area contributed by atoms with E-state index in [-0.39, 0.29) is 0 Å². The Morgan fingerprint density at radius 1 is 1.43 bits per heavy atom. The van der Waals surface area contributed by atoms with Gasteiger partial charge in [-0.1, -0.05) is 52.6 Å². The van der Waals surface area contributed by atoms with Crippen LogP contribution in [-0.4, -0.2) is 10.2 Å². The molecule has 0 nitrogen and oxygen atoms in total. The van der Waals surface area contributed by atoms with Crippen LogP contribution in [0.25, 0.3) is 0 Å². The van der Waals surface area contributed by atoms with Crippen LogP contribution in [0, 0.1) is 0 Å². The number of hydrogen-bond acceptors (Lipinski definition) is 0. The van der Waals surface area contributed by atoms with Crippen LogP contribution in [0.5, 0.6) is 0 Å². The summed E-state index contributed by atoms with van der Waals surface area (Å²) in [6.07, 6.45) is 0. The molecule has 0 aromatic heterocycles. The van der Waals surface area contributed by atoms with Crippen molar-refractivity contribution >= 4 is 31.9 Å². The van der Waals surface area contributed by atoms with Gasteiger partial charge in [0.2, 0.25) is 0 Å². The second-order valence-electron chi connectivity index (χ2n) is 1.28. The molecule has 0 aromatic rings. The SMILES string of the molecule is CC(C)Br.CCBr. The van der Waals surface area contributed by atoms with Crippen molar-refractivity contribution in [1.29, 1.82) is 0 Å². The molecule has 0 rings (SSSR count). The predicted octanol–water partition coefficient (Wildman–Crippen LogP) is 3.19. The zero-order chi connectivity index (χ0) is 6.28. The van der Waals surface area contributed by atoms with E-state index in [1.54, 1.807) is 0 Å². The van der Waals surface area contributed by atoms with Gasteiger partial charge in [-0.05, 0) is 0 Å². The van der Waals surface area contributed by atoms with Gasteiger partial charge in [-0.3, -0.25) is 0 Å². The number of halogens is 2. The van der Waals surface area contributed by atoms with E-state index in [1.165, 1.54) is 0 Å². The molecule has 0 bridgehead atoms. The second-order valence-corrected chi connectivity index (χ2v) is 4.23. The first-order valence-electron chi connectivity index (χ1n) is 2.35. The summed E-state index contributed by atoms with van der Waals surface area (Å²) in [6, 6.07) is 0. The highest BCUT2D eigenvalue weighted by Crippen LogP contribution is 1.89. The van der Waals surface area contributed by atoms with Crippen LogP contribution >= 0.6 is 31.9 Å². The van der Waals surface area contributed by atoms with Gasteiger partial charge in [-0.25, -0.2) is 0 Å². The third-order valence-corrected chi connectivity index (χ3v) is 0. The second kappa shape index (κ2) is 10.0. The van der Waals surface area contributed by atoms with Crippen molar-refractivity contribution in [2.75, 3.05) is 5.33 Å². The van der Waals surface area contributed by atoms with Gasteiger partial charge in [0, 0.05) is 10.2 Å². The average molecular weight is 232 g/mol. The Morgan fingerprint density at radius 2 is 1.43 bits per heavy atom. The van der Waals surface area contributed by atoms with Gasteiger partial charge < -0.3 is 0 Å². The standard InChI is InChI=1S/C3H7Br.C2H5Br/c1-3(2)4;1-2-3/h3H,1-2H3;2H2,1H3. The Hall–Kier alpha value is 0.960. The van der Waals surface area contributed by atoms with Gasteiger partial charge in [-0.2, -0.15) is 0 Å². The summed E-state index contributed by atoms with van der Waals surface area (Å²) in [7, 11) is 0. The maximum Gasteiger partial charge on any atom is 0.00888 e. The molecule has 0 saturated heterocycles. The third kappa shape index (κ3) is 186. The zero-order valence-corrected chi connectivity index (χ0v) is 8.21. The summed E-state index contributed by atoms with van der Waals surface area (Å²) in [5.74, 6) is 0. The molecule has 0 fully saturated rings. The zero-order valence-electron chi connectivity index (χ0n) is 5.04. The summed E-state index contributed by atoms with van der Waals surface area (Å²) in [6.45, 7) is 6.21. The smallest absolute Gasteiger partial charge is 0.00888 e. The van der Waals surface area contributed by atoms with Crippen LogP contribution in [-0.2, 0) is 0 Å². The van der Waals surface area contributed by atoms with E-state index in [4.69, 9.17) is 0 Å². The minimum Gasteiger partial charge on any atom is -0.0931 e. The average Bonchev–Trinajstić information content (AvgIpc) is 1.33. The van der Waals surface area contributed by atoms with Crippen molar-refractivity contribution < 1.29 is 0 Å². The van der Waals surface area contributed by atoms with Gasteiger partial charge in [0.1, 0.15) is 0 Å². The highest BCUT2D eigenvalue weighted by Gasteiger charge is 1.71. The lowest BCUT2D eigenvalue weighted by Crippen LogP contribution is -1.69. The van der Waals surface area contributed by atoms with Crippen LogP contribution in [0.4, 0.5) is 0 Å². The summed E-state index contributed by atoms with van der Waals surface area (Å²) < 4.78 is 0. The lowest BCUT2D eigenvalue weighted by molar-refractivity contribution is 1.14. The van der Waals surface area contributed by atoms with E-state index < -0.39 is 0 Å². The Kier molecular flexibility index (Phi) is 15.6. The number of alkyl halides is 2. The minimum atomic E-state index is 0.646. The molecule has 0 aliphatic rings. The first kappa shape index (κ1) is 10.9. The monoisotopic (exact) mass is 230 g/mol. The van der Waals surface area contributed by atoms with Gasteiger partial charge in [-0.15, -0.1) is 0 Å². The van der Waals surface area contributed by atoms with Crippen LogP contribution in [0.15, 0.2) is 0 Å². The highest BCUT2D eigenvalue weighted by molar-refractivity contribution is 9.09. The number of rotatable bonds is 0. The lowest BCUT2D eigenvalue weighted by Gasteiger charge is -1.76. The molecule has 0 atom stereocenters. The molecule has 7 heavy (non-hydrogen) atoms. The molecule has 0 aromatic carbocycles. The fourth-order valence-corrected chi connectivity index (χ4v) is 0. The van der Waals surface area contributed by atoms with Crippen molar-refractivity contribution in [1.82, 2.24) is 0 Å². The molecule has 0 unspecified atom stereocenters. The van der Waals surface area contributed by atoms with Crippen LogP contribution in [0.3, 0.4) is 0 Å². The molecule has 0 radical (unpaired) electrons. The van der Waals surface area contributed by atoms with E-state index >= 15 is 0 Å². The summed E-state index contributed by atoms with van der Waals surface area (Å²) in [5, 5.41) is 1.06. The Morgan fingerprint density at radius 3 is 1.43 bits per heavy atom. The molecule has 0 aliphatic carbocycles. The molecule has 0 amide bonds. The maximum atomic E-state index is 3.27. The molecule has 46 valence electrons. The molecule has 0 N–H and O–H groups in total.